The van der Waals surface area contributed by atoms with Gasteiger partial charge in [0.1, 0.15) is 0 Å². The van der Waals surface area contributed by atoms with Gasteiger partial charge in [0.05, 0.1) is 5.69 Å². The normalized spacial score (nSPS) is 10.4. The number of ketones is 1. The van der Waals surface area contributed by atoms with E-state index in [2.05, 4.69) is 21.0 Å². The molecule has 1 heterocycles. The summed E-state index contributed by atoms with van der Waals surface area (Å²) >= 11 is 3.35. The van der Waals surface area contributed by atoms with Crippen LogP contribution >= 0.6 is 15.9 Å². The zero-order valence-electron chi connectivity index (χ0n) is 9.98. The summed E-state index contributed by atoms with van der Waals surface area (Å²) in [5.41, 5.74) is 1.11. The van der Waals surface area contributed by atoms with E-state index in [4.69, 9.17) is 0 Å². The van der Waals surface area contributed by atoms with E-state index in [0.717, 1.165) is 10.2 Å². The van der Waals surface area contributed by atoms with Gasteiger partial charge in [-0.1, -0.05) is 15.9 Å². The summed E-state index contributed by atoms with van der Waals surface area (Å²) in [5.74, 6) is -0.328. The Kier molecular flexibility index (Phi) is 3.43. The molecule has 0 saturated heterocycles. The van der Waals surface area contributed by atoms with Gasteiger partial charge in [-0.3, -0.25) is 9.59 Å². The quantitative estimate of drug-likeness (QED) is 0.801. The molecule has 92 valence electrons. The first kappa shape index (κ1) is 12.7. The van der Waals surface area contributed by atoms with Crippen molar-refractivity contribution in [3.05, 3.63) is 56.4 Å². The standard InChI is InChI=1S/C13H11BrN2O2/c1-8-7-12(18)13(9(2)17)15-16(8)11-5-3-10(14)4-6-11/h3-7H,1-2H3. The Morgan fingerprint density at radius 1 is 1.28 bits per heavy atom. The highest BCUT2D eigenvalue weighted by Gasteiger charge is 2.10. The zero-order valence-corrected chi connectivity index (χ0v) is 11.6. The van der Waals surface area contributed by atoms with Crippen molar-refractivity contribution in [1.82, 2.24) is 9.78 Å². The van der Waals surface area contributed by atoms with Crippen LogP contribution in [0.3, 0.4) is 0 Å². The van der Waals surface area contributed by atoms with Gasteiger partial charge in [0, 0.05) is 23.2 Å². The van der Waals surface area contributed by atoms with E-state index in [1.807, 2.05) is 24.3 Å². The second-order valence-corrected chi connectivity index (χ2v) is 4.86. The van der Waals surface area contributed by atoms with Crippen LogP contribution in [0.4, 0.5) is 0 Å². The van der Waals surface area contributed by atoms with E-state index in [1.54, 1.807) is 11.6 Å². The number of aryl methyl sites for hydroxylation is 1. The Labute approximate surface area is 112 Å². The summed E-state index contributed by atoms with van der Waals surface area (Å²) in [6.07, 6.45) is 0. The van der Waals surface area contributed by atoms with Crippen molar-refractivity contribution in [2.75, 3.05) is 0 Å². The second kappa shape index (κ2) is 4.86. The number of benzene rings is 1. The van der Waals surface area contributed by atoms with Crippen LogP contribution in [0.25, 0.3) is 5.69 Å². The molecule has 0 amide bonds. The molecule has 0 aliphatic heterocycles. The van der Waals surface area contributed by atoms with Crippen molar-refractivity contribution in [3.8, 4) is 5.69 Å². The van der Waals surface area contributed by atoms with Gasteiger partial charge in [0.15, 0.2) is 11.5 Å². The molecule has 0 unspecified atom stereocenters. The highest BCUT2D eigenvalue weighted by molar-refractivity contribution is 9.10. The number of carbonyl (C=O) groups is 1. The molecule has 5 heteroatoms. The molecule has 2 rings (SSSR count). The monoisotopic (exact) mass is 306 g/mol. The van der Waals surface area contributed by atoms with E-state index in [9.17, 15) is 9.59 Å². The van der Waals surface area contributed by atoms with Crippen molar-refractivity contribution in [2.45, 2.75) is 13.8 Å². The van der Waals surface area contributed by atoms with E-state index < -0.39 is 0 Å². The maximum Gasteiger partial charge on any atom is 0.211 e. The molecule has 2 aromatic rings. The third kappa shape index (κ3) is 2.41. The van der Waals surface area contributed by atoms with Crippen molar-refractivity contribution in [3.63, 3.8) is 0 Å². The molecule has 0 N–H and O–H groups in total. The number of carbonyl (C=O) groups excluding carboxylic acids is 1. The number of Topliss-reactive ketones (excluding diaryl/α,β-unsaturated/α-hetero) is 1. The number of nitrogens with zero attached hydrogens (tertiary/aromatic N) is 2. The molecule has 1 aromatic carbocycles. The minimum atomic E-state index is -0.339. The van der Waals surface area contributed by atoms with Crippen molar-refractivity contribution < 1.29 is 4.79 Å². The number of rotatable bonds is 2. The molecule has 0 aliphatic rings. The molecule has 0 bridgehead atoms. The summed E-state index contributed by atoms with van der Waals surface area (Å²) < 4.78 is 2.54. The number of hydrogen-bond acceptors (Lipinski definition) is 3. The predicted molar refractivity (Wildman–Crippen MR) is 72.3 cm³/mol. The lowest BCUT2D eigenvalue weighted by atomic mass is 10.2. The van der Waals surface area contributed by atoms with Crippen LogP contribution in [0.15, 0.2) is 39.6 Å². The number of aromatic nitrogens is 2. The molecule has 0 atom stereocenters. The van der Waals surface area contributed by atoms with Crippen molar-refractivity contribution in [2.24, 2.45) is 0 Å². The third-order valence-electron chi connectivity index (χ3n) is 2.51. The summed E-state index contributed by atoms with van der Waals surface area (Å²) in [6.45, 7) is 3.12. The van der Waals surface area contributed by atoms with Crippen LogP contribution in [-0.4, -0.2) is 15.6 Å². The summed E-state index contributed by atoms with van der Waals surface area (Å²) in [6, 6.07) is 8.90. The van der Waals surface area contributed by atoms with Gasteiger partial charge in [0.2, 0.25) is 5.43 Å². The Morgan fingerprint density at radius 3 is 2.44 bits per heavy atom. The summed E-state index contributed by atoms with van der Waals surface area (Å²) in [7, 11) is 0. The van der Waals surface area contributed by atoms with Crippen LogP contribution in [0.5, 0.6) is 0 Å². The van der Waals surface area contributed by atoms with Crippen molar-refractivity contribution in [1.29, 1.82) is 0 Å². The van der Waals surface area contributed by atoms with Crippen LogP contribution in [0.1, 0.15) is 23.1 Å². The molecular weight excluding hydrogens is 296 g/mol. The number of hydrogen-bond donors (Lipinski definition) is 0. The fraction of sp³-hybridized carbons (Fsp3) is 0.154. The number of halogens is 1. The molecule has 4 nitrogen and oxygen atoms in total. The molecule has 1 aromatic heterocycles. The summed E-state index contributed by atoms with van der Waals surface area (Å²) in [5, 5.41) is 4.11. The van der Waals surface area contributed by atoms with Gasteiger partial charge in [-0.15, -0.1) is 0 Å². The first-order valence-corrected chi connectivity index (χ1v) is 6.16. The zero-order chi connectivity index (χ0) is 13.3. The maximum absolute atomic E-state index is 11.6. The minimum absolute atomic E-state index is 0.0384. The Bertz CT molecular complexity index is 660. The Hall–Kier alpha value is -1.75. The van der Waals surface area contributed by atoms with E-state index in [-0.39, 0.29) is 16.9 Å². The van der Waals surface area contributed by atoms with E-state index in [0.29, 0.717) is 5.69 Å². The molecule has 0 saturated carbocycles. The van der Waals surface area contributed by atoms with Gasteiger partial charge in [-0.25, -0.2) is 4.68 Å². The van der Waals surface area contributed by atoms with Crippen LogP contribution in [-0.2, 0) is 0 Å². The Morgan fingerprint density at radius 2 is 1.89 bits per heavy atom. The molecule has 0 spiro atoms. The summed E-state index contributed by atoms with van der Waals surface area (Å²) in [4.78, 5) is 22.9. The van der Waals surface area contributed by atoms with Gasteiger partial charge in [0.25, 0.3) is 0 Å². The van der Waals surface area contributed by atoms with Crippen LogP contribution in [0.2, 0.25) is 0 Å². The molecular formula is C13H11BrN2O2. The first-order valence-electron chi connectivity index (χ1n) is 5.37. The lowest BCUT2D eigenvalue weighted by Crippen LogP contribution is -2.21. The van der Waals surface area contributed by atoms with Crippen LogP contribution < -0.4 is 5.43 Å². The lowest BCUT2D eigenvalue weighted by Gasteiger charge is -2.10. The van der Waals surface area contributed by atoms with Gasteiger partial charge in [-0.05, 0) is 31.2 Å². The smallest absolute Gasteiger partial charge is 0.211 e. The van der Waals surface area contributed by atoms with Crippen molar-refractivity contribution >= 4 is 21.7 Å². The Balaban J connectivity index is 2.64. The second-order valence-electron chi connectivity index (χ2n) is 3.94. The fourth-order valence-corrected chi connectivity index (χ4v) is 1.90. The van der Waals surface area contributed by atoms with Gasteiger partial charge >= 0.3 is 0 Å². The first-order chi connectivity index (χ1) is 8.49. The predicted octanol–water partition coefficient (Wildman–Crippen LogP) is 2.51. The van der Waals surface area contributed by atoms with Gasteiger partial charge in [-0.2, -0.15) is 5.10 Å². The molecule has 0 aliphatic carbocycles. The molecule has 0 fully saturated rings. The molecule has 18 heavy (non-hydrogen) atoms. The largest absolute Gasteiger partial charge is 0.293 e. The fourth-order valence-electron chi connectivity index (χ4n) is 1.63. The van der Waals surface area contributed by atoms with E-state index >= 15 is 0 Å². The third-order valence-corrected chi connectivity index (χ3v) is 3.04. The average Bonchev–Trinajstić information content (AvgIpc) is 2.30. The topological polar surface area (TPSA) is 52.0 Å². The van der Waals surface area contributed by atoms with Gasteiger partial charge < -0.3 is 0 Å². The average molecular weight is 307 g/mol. The van der Waals surface area contributed by atoms with E-state index in [1.165, 1.54) is 13.0 Å². The highest BCUT2D eigenvalue weighted by Crippen LogP contribution is 2.14. The van der Waals surface area contributed by atoms with Crippen LogP contribution in [0, 0.1) is 6.92 Å². The lowest BCUT2D eigenvalue weighted by molar-refractivity contribution is 0.101. The minimum Gasteiger partial charge on any atom is -0.293 e. The SMILES string of the molecule is CC(=O)c1nn(-c2ccc(Br)cc2)c(C)cc1=O. The molecule has 0 radical (unpaired) electrons. The maximum atomic E-state index is 11.6. The highest BCUT2D eigenvalue weighted by atomic mass is 79.9.